The molecule has 0 amide bonds. The monoisotopic (exact) mass is 388 g/mol. The zero-order chi connectivity index (χ0) is 19.6. The smallest absolute Gasteiger partial charge is 0.469 e. The predicted molar refractivity (Wildman–Crippen MR) is 94.1 cm³/mol. The van der Waals surface area contributed by atoms with Crippen molar-refractivity contribution in [3.05, 3.63) is 60.7 Å². The zero-order valence-corrected chi connectivity index (χ0v) is 14.5. The van der Waals surface area contributed by atoms with Gasteiger partial charge >= 0.3 is 12.3 Å². The van der Waals surface area contributed by atoms with Crippen molar-refractivity contribution in [1.82, 2.24) is 0 Å². The highest BCUT2D eigenvalue weighted by Gasteiger charge is 2.30. The molecule has 0 aliphatic heterocycles. The maximum atomic E-state index is 12.1. The summed E-state index contributed by atoms with van der Waals surface area (Å²) in [4.78, 5) is 11.1. The molecule has 0 saturated carbocycles. The first-order valence-corrected chi connectivity index (χ1v) is 7.54. The highest BCUT2D eigenvalue weighted by atomic mass is 35.5. The number of carbonyl (C=O) groups is 1. The number of carbonyl (C=O) groups excluding carboxylic acids is 1. The van der Waals surface area contributed by atoms with Gasteiger partial charge in [-0.3, -0.25) is 10.2 Å². The van der Waals surface area contributed by atoms with Crippen LogP contribution in [0.25, 0.3) is 0 Å². The van der Waals surface area contributed by atoms with E-state index in [-0.39, 0.29) is 17.3 Å². The SMILES string of the molecule is C=C/C=C(\C=C/CC(=O)OC)C(/Cl)=N/Nc1ccc(OC(F)(F)F)cc1. The Labute approximate surface area is 153 Å². The summed E-state index contributed by atoms with van der Waals surface area (Å²) in [6, 6.07) is 4.96. The molecule has 1 aromatic carbocycles. The highest BCUT2D eigenvalue weighted by Crippen LogP contribution is 2.24. The molecule has 0 unspecified atom stereocenters. The lowest BCUT2D eigenvalue weighted by Gasteiger charge is -2.09. The third-order valence-electron chi connectivity index (χ3n) is 2.72. The van der Waals surface area contributed by atoms with Crippen molar-refractivity contribution in [1.29, 1.82) is 0 Å². The second-order valence-corrected chi connectivity index (χ2v) is 4.98. The number of nitrogens with zero attached hydrogens (tertiary/aromatic N) is 1. The third kappa shape index (κ3) is 8.39. The van der Waals surface area contributed by atoms with Crippen LogP contribution in [0.5, 0.6) is 5.75 Å². The zero-order valence-electron chi connectivity index (χ0n) is 13.7. The van der Waals surface area contributed by atoms with E-state index >= 15 is 0 Å². The molecule has 0 aliphatic rings. The first-order valence-electron chi connectivity index (χ1n) is 7.16. The van der Waals surface area contributed by atoms with E-state index in [0.717, 1.165) is 12.1 Å². The van der Waals surface area contributed by atoms with E-state index in [0.29, 0.717) is 11.3 Å². The molecule has 0 radical (unpaired) electrons. The average molecular weight is 389 g/mol. The number of ether oxygens (including phenoxy) is 2. The van der Waals surface area contributed by atoms with Gasteiger partial charge in [0.1, 0.15) is 5.75 Å². The molecule has 0 atom stereocenters. The fourth-order valence-electron chi connectivity index (χ4n) is 1.59. The van der Waals surface area contributed by atoms with Crippen molar-refractivity contribution in [2.75, 3.05) is 12.5 Å². The van der Waals surface area contributed by atoms with Crippen molar-refractivity contribution in [3.63, 3.8) is 0 Å². The topological polar surface area (TPSA) is 59.9 Å². The van der Waals surface area contributed by atoms with Gasteiger partial charge in [0.15, 0.2) is 5.17 Å². The van der Waals surface area contributed by atoms with Crippen LogP contribution >= 0.6 is 11.6 Å². The quantitative estimate of drug-likeness (QED) is 0.301. The van der Waals surface area contributed by atoms with E-state index in [1.807, 2.05) is 0 Å². The summed E-state index contributed by atoms with van der Waals surface area (Å²) >= 11 is 6.07. The van der Waals surface area contributed by atoms with Gasteiger partial charge in [0.2, 0.25) is 0 Å². The van der Waals surface area contributed by atoms with Crippen LogP contribution in [0, 0.1) is 0 Å². The molecule has 0 aliphatic carbocycles. The maximum absolute atomic E-state index is 12.1. The number of alkyl halides is 3. The second-order valence-electron chi connectivity index (χ2n) is 4.63. The fourth-order valence-corrected chi connectivity index (χ4v) is 1.76. The van der Waals surface area contributed by atoms with Crippen molar-refractivity contribution in [3.8, 4) is 5.75 Å². The number of rotatable bonds is 8. The molecule has 0 bridgehead atoms. The number of allylic oxidation sites excluding steroid dienone is 4. The Balaban J connectivity index is 2.76. The summed E-state index contributed by atoms with van der Waals surface area (Å²) in [7, 11) is 1.28. The van der Waals surface area contributed by atoms with Crippen molar-refractivity contribution >= 4 is 28.4 Å². The van der Waals surface area contributed by atoms with Gasteiger partial charge < -0.3 is 9.47 Å². The van der Waals surface area contributed by atoms with Gasteiger partial charge in [-0.05, 0) is 24.3 Å². The summed E-state index contributed by atoms with van der Waals surface area (Å²) in [6.07, 6.45) is 1.47. The number of hydrazone groups is 1. The number of halogens is 4. The number of hydrogen-bond acceptors (Lipinski definition) is 5. The summed E-state index contributed by atoms with van der Waals surface area (Å²) in [5.74, 6) is -0.761. The van der Waals surface area contributed by atoms with Crippen molar-refractivity contribution in [2.24, 2.45) is 5.10 Å². The average Bonchev–Trinajstić information content (AvgIpc) is 2.58. The largest absolute Gasteiger partial charge is 0.573 e. The lowest BCUT2D eigenvalue weighted by atomic mass is 10.2. The molecule has 0 aromatic heterocycles. The van der Waals surface area contributed by atoms with E-state index in [1.54, 1.807) is 18.2 Å². The molecule has 1 aromatic rings. The Morgan fingerprint density at radius 3 is 2.54 bits per heavy atom. The number of benzene rings is 1. The molecule has 0 heterocycles. The Morgan fingerprint density at radius 1 is 1.35 bits per heavy atom. The van der Waals surface area contributed by atoms with E-state index in [4.69, 9.17) is 11.6 Å². The maximum Gasteiger partial charge on any atom is 0.573 e. The van der Waals surface area contributed by atoms with E-state index in [9.17, 15) is 18.0 Å². The number of hydrogen-bond donors (Lipinski definition) is 1. The molecule has 26 heavy (non-hydrogen) atoms. The lowest BCUT2D eigenvalue weighted by molar-refractivity contribution is -0.274. The van der Waals surface area contributed by atoms with Gasteiger partial charge in [0, 0.05) is 5.57 Å². The summed E-state index contributed by atoms with van der Waals surface area (Å²) in [6.45, 7) is 3.56. The summed E-state index contributed by atoms with van der Waals surface area (Å²) in [5, 5.41) is 3.98. The molecule has 0 spiro atoms. The summed E-state index contributed by atoms with van der Waals surface area (Å²) in [5.41, 5.74) is 3.47. The van der Waals surface area contributed by atoms with Crippen LogP contribution in [0.1, 0.15) is 6.42 Å². The number of anilines is 1. The fraction of sp³-hybridized carbons (Fsp3) is 0.176. The Morgan fingerprint density at radius 2 is 2.00 bits per heavy atom. The molecule has 0 saturated heterocycles. The molecule has 140 valence electrons. The Hall–Kier alpha value is -2.74. The first kappa shape index (κ1) is 21.3. The minimum Gasteiger partial charge on any atom is -0.469 e. The van der Waals surface area contributed by atoms with Crippen LogP contribution < -0.4 is 10.2 Å². The van der Waals surface area contributed by atoms with Crippen LogP contribution in [0.2, 0.25) is 0 Å². The highest BCUT2D eigenvalue weighted by molar-refractivity contribution is 6.70. The minimum atomic E-state index is -4.75. The normalized spacial score (nSPS) is 12.8. The molecule has 1 rings (SSSR count). The third-order valence-corrected chi connectivity index (χ3v) is 3.02. The van der Waals surface area contributed by atoms with E-state index in [1.165, 1.54) is 25.3 Å². The molecule has 0 fully saturated rings. The van der Waals surface area contributed by atoms with Gasteiger partial charge in [-0.2, -0.15) is 5.10 Å². The van der Waals surface area contributed by atoms with Crippen LogP contribution in [0.3, 0.4) is 0 Å². The van der Waals surface area contributed by atoms with Crippen LogP contribution in [-0.2, 0) is 9.53 Å². The van der Waals surface area contributed by atoms with Crippen molar-refractivity contribution < 1.29 is 27.4 Å². The van der Waals surface area contributed by atoms with Crippen molar-refractivity contribution in [2.45, 2.75) is 12.8 Å². The second kappa shape index (κ2) is 10.3. The van der Waals surface area contributed by atoms with Gasteiger partial charge in [-0.15, -0.1) is 13.2 Å². The first-order chi connectivity index (χ1) is 12.2. The van der Waals surface area contributed by atoms with Gasteiger partial charge in [0.05, 0.1) is 19.2 Å². The van der Waals surface area contributed by atoms with Gasteiger partial charge in [-0.25, -0.2) is 0 Å². The van der Waals surface area contributed by atoms with Crippen LogP contribution in [0.15, 0.2) is 65.8 Å². The molecular weight excluding hydrogens is 373 g/mol. The number of esters is 1. The lowest BCUT2D eigenvalue weighted by Crippen LogP contribution is -2.16. The predicted octanol–water partition coefficient (Wildman–Crippen LogP) is 4.78. The van der Waals surface area contributed by atoms with Gasteiger partial charge in [0.25, 0.3) is 0 Å². The standard InChI is InChI=1S/C17H16ClF3N2O3/c1-3-5-12(6-4-7-15(24)25-2)16(18)23-22-13-8-10-14(11-9-13)26-17(19,20)21/h3-6,8-11,22H,1,7H2,2H3/b6-4-,12-5+,23-16-. The molecule has 9 heteroatoms. The van der Waals surface area contributed by atoms with Crippen LogP contribution in [0.4, 0.5) is 18.9 Å². The van der Waals surface area contributed by atoms with E-state index < -0.39 is 12.3 Å². The van der Waals surface area contributed by atoms with Crippen LogP contribution in [-0.4, -0.2) is 24.6 Å². The summed E-state index contributed by atoms with van der Waals surface area (Å²) < 4.78 is 44.6. The van der Waals surface area contributed by atoms with Gasteiger partial charge in [-0.1, -0.05) is 42.5 Å². The van der Waals surface area contributed by atoms with E-state index in [2.05, 4.69) is 26.6 Å². The molecule has 1 N–H and O–H groups in total. The minimum absolute atomic E-state index is 0.0571. The Bertz CT molecular complexity index is 711. The Kier molecular flexibility index (Phi) is 8.44. The number of methoxy groups -OCH3 is 1. The molecule has 5 nitrogen and oxygen atoms in total. The molecular formula is C17H16ClF3N2O3. The number of nitrogens with one attached hydrogen (secondary N) is 1.